The first-order valence-electron chi connectivity index (χ1n) is 16.2. The van der Waals surface area contributed by atoms with Crippen molar-refractivity contribution in [3.05, 3.63) is 35.9 Å². The van der Waals surface area contributed by atoms with Gasteiger partial charge >= 0.3 is 6.09 Å². The fraction of sp³-hybridized carbons (Fsp3) is 0.676. The minimum atomic E-state index is -0.512. The number of carbonyl (C=O) groups excluding carboxylic acids is 3. The Balaban J connectivity index is 0.000000487. The molecule has 5 N–H and O–H groups in total. The van der Waals surface area contributed by atoms with Crippen LogP contribution >= 0.6 is 12.4 Å². The fourth-order valence-corrected chi connectivity index (χ4v) is 5.81. The summed E-state index contributed by atoms with van der Waals surface area (Å²) in [6.45, 7) is 8.32. The highest BCUT2D eigenvalue weighted by molar-refractivity contribution is 5.85. The number of ether oxygens (including phenoxy) is 1. The highest BCUT2D eigenvalue weighted by Crippen LogP contribution is 2.26. The van der Waals surface area contributed by atoms with Crippen LogP contribution in [-0.4, -0.2) is 42.1 Å². The van der Waals surface area contributed by atoms with Gasteiger partial charge in [-0.15, -0.1) is 12.4 Å². The van der Waals surface area contributed by atoms with E-state index in [9.17, 15) is 19.6 Å². The molecule has 2 aliphatic rings. The summed E-state index contributed by atoms with van der Waals surface area (Å²) in [4.78, 5) is 36.8. The monoisotopic (exact) mass is 644 g/mol. The van der Waals surface area contributed by atoms with Crippen molar-refractivity contribution in [1.29, 1.82) is 10.5 Å². The van der Waals surface area contributed by atoms with E-state index >= 15 is 0 Å². The number of nitrogens with two attached hydrogens (primary N) is 1. The van der Waals surface area contributed by atoms with E-state index in [1.54, 1.807) is 0 Å². The average molecular weight is 645 g/mol. The third kappa shape index (κ3) is 15.0. The van der Waals surface area contributed by atoms with Crippen molar-refractivity contribution in [2.45, 2.75) is 123 Å². The van der Waals surface area contributed by atoms with Gasteiger partial charge < -0.3 is 26.4 Å². The van der Waals surface area contributed by atoms with Crippen molar-refractivity contribution in [1.82, 2.24) is 16.0 Å². The average Bonchev–Trinajstić information content (AvgIpc) is 3.00. The van der Waals surface area contributed by atoms with Gasteiger partial charge in [-0.1, -0.05) is 83.7 Å². The molecule has 250 valence electrons. The van der Waals surface area contributed by atoms with Crippen molar-refractivity contribution in [2.75, 3.05) is 0 Å². The number of halogens is 1. The smallest absolute Gasteiger partial charge is 0.407 e. The third-order valence-electron chi connectivity index (χ3n) is 8.13. The maximum atomic E-state index is 12.7. The molecule has 3 amide bonds. The number of hydrogen-bond donors (Lipinski definition) is 4. The summed E-state index contributed by atoms with van der Waals surface area (Å²) < 4.78 is 5.28. The van der Waals surface area contributed by atoms with E-state index < -0.39 is 12.1 Å². The molecule has 2 aliphatic carbocycles. The standard InChI is InChI=1S/C21H29N3O3.C13H23N3O.ClH/c1-15(2)12-17(13-22)23-20(25)18-10-6-7-11-19(18)24-21(26)27-14-16-8-4-3-5-9-16;1-9(2)7-10(8-14)16-13(17)11-5-3-4-6-12(11)15;/h3-5,8-9,15,17-19H,6-7,10-12,14H2,1-2H3,(H,23,25)(H,24,26);9-12H,3-7,15H2,1-2H3,(H,16,17);1H/t17-,18+,19-;10-,11+,12?;/m00./s1. The number of benzene rings is 1. The van der Waals surface area contributed by atoms with Gasteiger partial charge in [0.05, 0.1) is 24.0 Å². The molecule has 0 spiro atoms. The summed E-state index contributed by atoms with van der Waals surface area (Å²) in [5, 5.41) is 26.8. The summed E-state index contributed by atoms with van der Waals surface area (Å²) in [6.07, 6.45) is 8.09. The molecule has 45 heavy (non-hydrogen) atoms. The van der Waals surface area contributed by atoms with Crippen LogP contribution in [0.5, 0.6) is 0 Å². The maximum Gasteiger partial charge on any atom is 0.407 e. The van der Waals surface area contributed by atoms with E-state index in [1.165, 1.54) is 0 Å². The first-order valence-corrected chi connectivity index (χ1v) is 16.2. The van der Waals surface area contributed by atoms with E-state index in [2.05, 4.69) is 28.1 Å². The van der Waals surface area contributed by atoms with Crippen LogP contribution in [0.1, 0.15) is 97.5 Å². The Morgan fingerprint density at radius 2 is 1.31 bits per heavy atom. The second-order valence-corrected chi connectivity index (χ2v) is 12.9. The largest absolute Gasteiger partial charge is 0.445 e. The van der Waals surface area contributed by atoms with Gasteiger partial charge in [0, 0.05) is 12.1 Å². The van der Waals surface area contributed by atoms with Crippen LogP contribution in [0.4, 0.5) is 4.79 Å². The molecule has 6 atom stereocenters. The Kier molecular flexibility index (Phi) is 18.9. The molecule has 11 heteroatoms. The lowest BCUT2D eigenvalue weighted by atomic mass is 9.83. The molecule has 3 rings (SSSR count). The second-order valence-electron chi connectivity index (χ2n) is 12.9. The molecule has 2 saturated carbocycles. The molecule has 1 aromatic carbocycles. The minimum Gasteiger partial charge on any atom is -0.445 e. The van der Waals surface area contributed by atoms with E-state index in [-0.39, 0.29) is 60.8 Å². The normalized spacial score (nSPS) is 22.2. The fourth-order valence-electron chi connectivity index (χ4n) is 5.81. The Morgan fingerprint density at radius 3 is 1.82 bits per heavy atom. The highest BCUT2D eigenvalue weighted by Gasteiger charge is 2.33. The predicted molar refractivity (Wildman–Crippen MR) is 177 cm³/mol. The lowest BCUT2D eigenvalue weighted by molar-refractivity contribution is -0.127. The molecule has 2 fully saturated rings. The van der Waals surface area contributed by atoms with E-state index in [4.69, 9.17) is 15.7 Å². The molecule has 0 saturated heterocycles. The van der Waals surface area contributed by atoms with Crippen molar-refractivity contribution in [3.63, 3.8) is 0 Å². The Labute approximate surface area is 275 Å². The number of nitriles is 2. The number of alkyl carbamates (subject to hydrolysis) is 1. The SMILES string of the molecule is CC(C)C[C@@H](C#N)NC(=O)[C@@H]1CCCCC1N.CC(C)C[C@@H](C#N)NC(=O)[C@@H]1CCCC[C@@H]1NC(=O)OCc1ccccc1.Cl. The zero-order valence-corrected chi connectivity index (χ0v) is 28.1. The van der Waals surface area contributed by atoms with Crippen molar-refractivity contribution in [3.8, 4) is 12.1 Å². The van der Waals surface area contributed by atoms with E-state index in [0.29, 0.717) is 31.1 Å². The van der Waals surface area contributed by atoms with Crippen molar-refractivity contribution in [2.24, 2.45) is 29.4 Å². The summed E-state index contributed by atoms with van der Waals surface area (Å²) in [7, 11) is 0. The van der Waals surface area contributed by atoms with E-state index in [0.717, 1.165) is 50.5 Å². The number of carbonyl (C=O) groups is 3. The molecular formula is C34H53ClN6O4. The summed E-state index contributed by atoms with van der Waals surface area (Å²) in [5.74, 6) is 0.0978. The van der Waals surface area contributed by atoms with Crippen LogP contribution in [0.3, 0.4) is 0 Å². The van der Waals surface area contributed by atoms with Gasteiger partial charge in [0.15, 0.2) is 0 Å². The highest BCUT2D eigenvalue weighted by atomic mass is 35.5. The molecule has 0 aromatic heterocycles. The maximum absolute atomic E-state index is 12.7. The molecule has 10 nitrogen and oxygen atoms in total. The van der Waals surface area contributed by atoms with Crippen LogP contribution in [0.2, 0.25) is 0 Å². The van der Waals surface area contributed by atoms with Crippen molar-refractivity contribution < 1.29 is 19.1 Å². The first-order chi connectivity index (χ1) is 21.0. The molecule has 1 aromatic rings. The Hall–Kier alpha value is -3.34. The summed E-state index contributed by atoms with van der Waals surface area (Å²) in [5.41, 5.74) is 6.87. The number of amides is 3. The predicted octanol–water partition coefficient (Wildman–Crippen LogP) is 5.51. The topological polar surface area (TPSA) is 170 Å². The number of hydrogen-bond acceptors (Lipinski definition) is 7. The third-order valence-corrected chi connectivity index (χ3v) is 8.13. The van der Waals surface area contributed by atoms with Gasteiger partial charge in [-0.2, -0.15) is 10.5 Å². The first kappa shape index (κ1) is 39.7. The van der Waals surface area contributed by atoms with Crippen LogP contribution in [0, 0.1) is 46.3 Å². The van der Waals surface area contributed by atoms with Crippen LogP contribution in [0.15, 0.2) is 30.3 Å². The van der Waals surface area contributed by atoms with E-state index in [1.807, 2.05) is 58.0 Å². The van der Waals surface area contributed by atoms with Gasteiger partial charge in [0.25, 0.3) is 0 Å². The molecule has 0 radical (unpaired) electrons. The second kappa shape index (κ2) is 21.4. The molecule has 0 heterocycles. The molecule has 0 aliphatic heterocycles. The zero-order chi connectivity index (χ0) is 32.5. The van der Waals surface area contributed by atoms with Gasteiger partial charge in [0.2, 0.25) is 11.8 Å². The van der Waals surface area contributed by atoms with Crippen LogP contribution in [-0.2, 0) is 20.9 Å². The molecule has 1 unspecified atom stereocenters. The van der Waals surface area contributed by atoms with Crippen LogP contribution < -0.4 is 21.7 Å². The quantitative estimate of drug-likeness (QED) is 0.246. The van der Waals surface area contributed by atoms with Crippen LogP contribution in [0.25, 0.3) is 0 Å². The van der Waals surface area contributed by atoms with Gasteiger partial charge in [-0.25, -0.2) is 4.79 Å². The summed E-state index contributed by atoms with van der Waals surface area (Å²) in [6, 6.07) is 12.6. The number of rotatable bonds is 11. The molecule has 0 bridgehead atoms. The number of nitrogens with one attached hydrogen (secondary N) is 3. The van der Waals surface area contributed by atoms with Gasteiger partial charge in [0.1, 0.15) is 18.7 Å². The zero-order valence-electron chi connectivity index (χ0n) is 27.3. The lowest BCUT2D eigenvalue weighted by Crippen LogP contribution is -2.50. The summed E-state index contributed by atoms with van der Waals surface area (Å²) >= 11 is 0. The van der Waals surface area contributed by atoms with Crippen molar-refractivity contribution >= 4 is 30.3 Å². The molecular weight excluding hydrogens is 592 g/mol. The Morgan fingerprint density at radius 1 is 0.822 bits per heavy atom. The van der Waals surface area contributed by atoms with Gasteiger partial charge in [-0.05, 0) is 55.9 Å². The van der Waals surface area contributed by atoms with Gasteiger partial charge in [-0.3, -0.25) is 9.59 Å². The lowest BCUT2D eigenvalue weighted by Gasteiger charge is -2.31. The minimum absolute atomic E-state index is 0. The number of nitrogens with zero attached hydrogens (tertiary/aromatic N) is 2. The Bertz CT molecular complexity index is 1120.